The molecular formula is C16H18O2S. The first-order valence-corrected chi connectivity index (χ1v) is 7.55. The lowest BCUT2D eigenvalue weighted by molar-refractivity contribution is -0.143. The van der Waals surface area contributed by atoms with E-state index in [2.05, 4.69) is 42.5 Å². The highest BCUT2D eigenvalue weighted by atomic mass is 32.2. The second-order valence-corrected chi connectivity index (χ2v) is 5.43. The van der Waals surface area contributed by atoms with Crippen LogP contribution in [0.3, 0.4) is 0 Å². The van der Waals surface area contributed by atoms with Crippen LogP contribution in [0.5, 0.6) is 0 Å². The van der Waals surface area contributed by atoms with Crippen LogP contribution < -0.4 is 0 Å². The quantitative estimate of drug-likeness (QED) is 0.447. The number of rotatable bonds is 6. The van der Waals surface area contributed by atoms with E-state index in [-0.39, 0.29) is 5.97 Å². The molecule has 0 unspecified atom stereocenters. The van der Waals surface area contributed by atoms with Gasteiger partial charge in [0.1, 0.15) is 0 Å². The van der Waals surface area contributed by atoms with Gasteiger partial charge >= 0.3 is 5.97 Å². The Morgan fingerprint density at radius 1 is 1.16 bits per heavy atom. The molecule has 2 aromatic rings. The minimum Gasteiger partial charge on any atom is -0.466 e. The molecule has 3 heteroatoms. The number of hydrogen-bond acceptors (Lipinski definition) is 3. The van der Waals surface area contributed by atoms with Gasteiger partial charge in [0.15, 0.2) is 0 Å². The molecule has 2 aromatic carbocycles. The number of ether oxygens (including phenoxy) is 1. The molecule has 0 aliphatic heterocycles. The molecule has 2 nitrogen and oxygen atoms in total. The number of fused-ring (bicyclic) bond motifs is 1. The Bertz CT molecular complexity index is 551. The lowest BCUT2D eigenvalue weighted by Gasteiger charge is -2.04. The summed E-state index contributed by atoms with van der Waals surface area (Å²) in [6.45, 7) is 2.30. The number of carbonyl (C=O) groups excluding carboxylic acids is 1. The fourth-order valence-corrected chi connectivity index (χ4v) is 2.80. The maximum atomic E-state index is 11.2. The molecule has 0 saturated heterocycles. The first kappa shape index (κ1) is 13.9. The van der Waals surface area contributed by atoms with Crippen LogP contribution in [0.15, 0.2) is 47.4 Å². The largest absolute Gasteiger partial charge is 0.466 e. The Kier molecular flexibility index (Phi) is 5.28. The van der Waals surface area contributed by atoms with E-state index in [1.807, 2.05) is 6.92 Å². The molecule has 0 aliphatic rings. The zero-order chi connectivity index (χ0) is 13.5. The molecule has 0 heterocycles. The number of esters is 1. The van der Waals surface area contributed by atoms with E-state index >= 15 is 0 Å². The molecular weight excluding hydrogens is 256 g/mol. The van der Waals surface area contributed by atoms with Crippen LogP contribution in [0.1, 0.15) is 19.8 Å². The monoisotopic (exact) mass is 274 g/mol. The maximum Gasteiger partial charge on any atom is 0.305 e. The lowest BCUT2D eigenvalue weighted by atomic mass is 10.1. The van der Waals surface area contributed by atoms with Crippen LogP contribution in [0.2, 0.25) is 0 Å². The van der Waals surface area contributed by atoms with Gasteiger partial charge in [0.2, 0.25) is 0 Å². The Labute approximate surface area is 118 Å². The Balaban J connectivity index is 1.83. The smallest absolute Gasteiger partial charge is 0.305 e. The Morgan fingerprint density at radius 3 is 2.74 bits per heavy atom. The third-order valence-corrected chi connectivity index (χ3v) is 3.90. The van der Waals surface area contributed by atoms with E-state index in [0.29, 0.717) is 13.0 Å². The van der Waals surface area contributed by atoms with Gasteiger partial charge in [-0.3, -0.25) is 4.79 Å². The molecule has 100 valence electrons. The van der Waals surface area contributed by atoms with E-state index in [0.717, 1.165) is 12.2 Å². The van der Waals surface area contributed by atoms with Crippen LogP contribution in [0.4, 0.5) is 0 Å². The van der Waals surface area contributed by atoms with E-state index in [1.165, 1.54) is 15.7 Å². The van der Waals surface area contributed by atoms with Crippen molar-refractivity contribution in [2.75, 3.05) is 12.4 Å². The molecule has 0 N–H and O–H groups in total. The van der Waals surface area contributed by atoms with Gasteiger partial charge < -0.3 is 4.74 Å². The summed E-state index contributed by atoms with van der Waals surface area (Å²) < 4.78 is 4.90. The van der Waals surface area contributed by atoms with Crippen molar-refractivity contribution in [3.63, 3.8) is 0 Å². The van der Waals surface area contributed by atoms with Crippen molar-refractivity contribution in [1.29, 1.82) is 0 Å². The fraction of sp³-hybridized carbons (Fsp3) is 0.312. The van der Waals surface area contributed by atoms with Gasteiger partial charge in [-0.25, -0.2) is 0 Å². The second-order valence-electron chi connectivity index (χ2n) is 4.27. The molecule has 0 bridgehead atoms. The summed E-state index contributed by atoms with van der Waals surface area (Å²) in [5.41, 5.74) is 0. The first-order valence-electron chi connectivity index (χ1n) is 6.57. The SMILES string of the molecule is CCOC(=O)CCCSc1ccc2ccccc2c1. The molecule has 0 fully saturated rings. The molecule has 19 heavy (non-hydrogen) atoms. The normalized spacial score (nSPS) is 10.6. The molecule has 0 atom stereocenters. The predicted molar refractivity (Wildman–Crippen MR) is 80.5 cm³/mol. The maximum absolute atomic E-state index is 11.2. The van der Waals surface area contributed by atoms with E-state index in [1.54, 1.807) is 11.8 Å². The van der Waals surface area contributed by atoms with Crippen molar-refractivity contribution in [3.8, 4) is 0 Å². The van der Waals surface area contributed by atoms with Crippen molar-refractivity contribution in [2.24, 2.45) is 0 Å². The zero-order valence-electron chi connectivity index (χ0n) is 11.1. The fourth-order valence-electron chi connectivity index (χ4n) is 1.90. The second kappa shape index (κ2) is 7.19. The number of carbonyl (C=O) groups is 1. The molecule has 2 rings (SSSR count). The van der Waals surface area contributed by atoms with E-state index in [4.69, 9.17) is 4.74 Å². The van der Waals surface area contributed by atoms with Gasteiger partial charge in [-0.1, -0.05) is 30.3 Å². The average molecular weight is 274 g/mol. The topological polar surface area (TPSA) is 26.3 Å². The number of hydrogen-bond donors (Lipinski definition) is 0. The predicted octanol–water partition coefficient (Wildman–Crippen LogP) is 4.28. The standard InChI is InChI=1S/C16H18O2S/c1-2-18-16(17)8-5-11-19-15-10-9-13-6-3-4-7-14(13)12-15/h3-4,6-7,9-10,12H,2,5,8,11H2,1H3. The van der Waals surface area contributed by atoms with Gasteiger partial charge in [0.05, 0.1) is 6.61 Å². The Hall–Kier alpha value is -1.48. The van der Waals surface area contributed by atoms with Gasteiger partial charge in [-0.2, -0.15) is 0 Å². The summed E-state index contributed by atoms with van der Waals surface area (Å²) in [5, 5.41) is 2.52. The van der Waals surface area contributed by atoms with Crippen molar-refractivity contribution in [1.82, 2.24) is 0 Å². The molecule has 0 aliphatic carbocycles. The van der Waals surface area contributed by atoms with Crippen molar-refractivity contribution in [3.05, 3.63) is 42.5 Å². The summed E-state index contributed by atoms with van der Waals surface area (Å²) in [7, 11) is 0. The highest BCUT2D eigenvalue weighted by Crippen LogP contribution is 2.24. The molecule has 0 saturated carbocycles. The van der Waals surface area contributed by atoms with Crippen molar-refractivity contribution < 1.29 is 9.53 Å². The van der Waals surface area contributed by atoms with Gasteiger partial charge in [-0.05, 0) is 42.0 Å². The first-order chi connectivity index (χ1) is 9.29. The highest BCUT2D eigenvalue weighted by Gasteiger charge is 2.02. The number of benzene rings is 2. The molecule has 0 aromatic heterocycles. The van der Waals surface area contributed by atoms with Gasteiger partial charge in [-0.15, -0.1) is 11.8 Å². The van der Waals surface area contributed by atoms with Crippen LogP contribution in [0, 0.1) is 0 Å². The molecule has 0 amide bonds. The van der Waals surface area contributed by atoms with Gasteiger partial charge in [0, 0.05) is 11.3 Å². The third-order valence-electron chi connectivity index (χ3n) is 2.82. The van der Waals surface area contributed by atoms with Crippen molar-refractivity contribution >= 4 is 28.5 Å². The van der Waals surface area contributed by atoms with Crippen LogP contribution in [-0.2, 0) is 9.53 Å². The third kappa shape index (κ3) is 4.28. The van der Waals surface area contributed by atoms with E-state index < -0.39 is 0 Å². The van der Waals surface area contributed by atoms with Crippen LogP contribution >= 0.6 is 11.8 Å². The summed E-state index contributed by atoms with van der Waals surface area (Å²) in [5.74, 6) is 0.846. The van der Waals surface area contributed by atoms with Gasteiger partial charge in [0.25, 0.3) is 0 Å². The zero-order valence-corrected chi connectivity index (χ0v) is 11.9. The van der Waals surface area contributed by atoms with E-state index in [9.17, 15) is 4.79 Å². The summed E-state index contributed by atoms with van der Waals surface area (Å²) in [6, 6.07) is 14.8. The van der Waals surface area contributed by atoms with Crippen LogP contribution in [-0.4, -0.2) is 18.3 Å². The summed E-state index contributed by atoms with van der Waals surface area (Å²) >= 11 is 1.79. The van der Waals surface area contributed by atoms with Crippen LogP contribution in [0.25, 0.3) is 10.8 Å². The number of thioether (sulfide) groups is 1. The lowest BCUT2D eigenvalue weighted by Crippen LogP contribution is -2.03. The molecule has 0 spiro atoms. The minimum atomic E-state index is -0.0957. The minimum absolute atomic E-state index is 0.0957. The Morgan fingerprint density at radius 2 is 1.95 bits per heavy atom. The summed E-state index contributed by atoms with van der Waals surface area (Å²) in [6.07, 6.45) is 1.37. The van der Waals surface area contributed by atoms with Crippen molar-refractivity contribution in [2.45, 2.75) is 24.7 Å². The summed E-state index contributed by atoms with van der Waals surface area (Å²) in [4.78, 5) is 12.5. The highest BCUT2D eigenvalue weighted by molar-refractivity contribution is 7.99. The molecule has 0 radical (unpaired) electrons. The average Bonchev–Trinajstić information content (AvgIpc) is 2.44.